The van der Waals surface area contributed by atoms with E-state index >= 15 is 0 Å². The Morgan fingerprint density at radius 1 is 1.20 bits per heavy atom. The maximum Gasteiger partial charge on any atom is 0.352 e. The molecule has 0 heterocycles. The van der Waals surface area contributed by atoms with Gasteiger partial charge in [0.1, 0.15) is 5.92 Å². The van der Waals surface area contributed by atoms with Crippen molar-refractivity contribution in [1.82, 2.24) is 0 Å². The summed E-state index contributed by atoms with van der Waals surface area (Å²) in [4.78, 5) is 32.3. The Labute approximate surface area is 90.9 Å². The van der Waals surface area contributed by atoms with Crippen LogP contribution in [0.15, 0.2) is 0 Å². The predicted molar refractivity (Wildman–Crippen MR) is 56.0 cm³/mol. The molecule has 15 heavy (non-hydrogen) atoms. The minimum atomic E-state index is -0.725. The lowest BCUT2D eigenvalue weighted by molar-refractivity contribution is -0.272. The zero-order chi connectivity index (χ0) is 12.1. The quantitative estimate of drug-likeness (QED) is 0.401. The van der Waals surface area contributed by atoms with E-state index in [4.69, 9.17) is 0 Å². The van der Waals surface area contributed by atoms with E-state index in [-0.39, 0.29) is 12.4 Å². The lowest BCUT2D eigenvalue weighted by Gasteiger charge is -2.21. The van der Waals surface area contributed by atoms with E-state index in [1.165, 1.54) is 0 Å². The number of hydrogen-bond acceptors (Lipinski definition) is 4. The van der Waals surface area contributed by atoms with E-state index in [9.17, 15) is 9.59 Å². The molecule has 4 heteroatoms. The lowest BCUT2D eigenvalue weighted by Crippen LogP contribution is -2.34. The van der Waals surface area contributed by atoms with Gasteiger partial charge in [-0.15, -0.1) is 0 Å². The second-order valence-electron chi connectivity index (χ2n) is 4.38. The summed E-state index contributed by atoms with van der Waals surface area (Å²) in [6.45, 7) is 9.12. The molecule has 4 nitrogen and oxygen atoms in total. The highest BCUT2D eigenvalue weighted by atomic mass is 17.2. The molecule has 1 atom stereocenters. The lowest BCUT2D eigenvalue weighted by atomic mass is 9.82. The molecule has 0 aliphatic heterocycles. The first-order valence-corrected chi connectivity index (χ1v) is 5.22. The molecule has 0 aliphatic rings. The van der Waals surface area contributed by atoms with E-state index in [0.717, 1.165) is 0 Å². The number of hydrogen-bond donors (Lipinski definition) is 0. The first-order valence-electron chi connectivity index (χ1n) is 5.22. The molecule has 0 saturated heterocycles. The molecule has 88 valence electrons. The Bertz CT molecular complexity index is 227. The molecule has 0 rings (SSSR count). The zero-order valence-corrected chi connectivity index (χ0v) is 10.1. The molecular formula is C11H20O4. The van der Waals surface area contributed by atoms with Crippen LogP contribution in [0.2, 0.25) is 0 Å². The fourth-order valence-electron chi connectivity index (χ4n) is 1.16. The molecule has 0 aromatic rings. The SMILES string of the molecule is CCOOC(=O)C(CC)C(=O)C(C)(C)C. The largest absolute Gasteiger partial charge is 0.352 e. The highest BCUT2D eigenvalue weighted by molar-refractivity contribution is 6.01. The van der Waals surface area contributed by atoms with Crippen molar-refractivity contribution in [2.24, 2.45) is 11.3 Å². The number of Topliss-reactive ketones (excluding diaryl/α,β-unsaturated/α-hetero) is 1. The number of ketones is 1. The third kappa shape index (κ3) is 4.42. The predicted octanol–water partition coefficient (Wildman–Crippen LogP) is 2.12. The first-order chi connectivity index (χ1) is 6.84. The van der Waals surface area contributed by atoms with Crippen molar-refractivity contribution in [2.75, 3.05) is 6.61 Å². The van der Waals surface area contributed by atoms with Gasteiger partial charge in [0, 0.05) is 5.41 Å². The fourth-order valence-corrected chi connectivity index (χ4v) is 1.16. The number of rotatable bonds is 5. The van der Waals surface area contributed by atoms with Gasteiger partial charge in [-0.3, -0.25) is 9.68 Å². The highest BCUT2D eigenvalue weighted by Gasteiger charge is 2.34. The maximum absolute atomic E-state index is 11.8. The molecule has 0 aromatic heterocycles. The third-order valence-electron chi connectivity index (χ3n) is 2.01. The standard InChI is InChI=1S/C11H20O4/c1-6-8(9(12)11(3,4)5)10(13)15-14-7-2/h8H,6-7H2,1-5H3. The van der Waals surface area contributed by atoms with Crippen LogP contribution in [0.4, 0.5) is 0 Å². The van der Waals surface area contributed by atoms with Gasteiger partial charge < -0.3 is 0 Å². The molecule has 0 amide bonds. The summed E-state index contributed by atoms with van der Waals surface area (Å²) in [7, 11) is 0. The van der Waals surface area contributed by atoms with Crippen LogP contribution in [0.1, 0.15) is 41.0 Å². The normalized spacial score (nSPS) is 13.4. The Hall–Kier alpha value is -0.900. The van der Waals surface area contributed by atoms with Crippen molar-refractivity contribution in [2.45, 2.75) is 41.0 Å². The van der Waals surface area contributed by atoms with Crippen molar-refractivity contribution < 1.29 is 19.4 Å². The number of carbonyl (C=O) groups is 2. The molecule has 1 unspecified atom stereocenters. The minimum Gasteiger partial charge on any atom is -0.298 e. The van der Waals surface area contributed by atoms with Crippen LogP contribution < -0.4 is 0 Å². The Morgan fingerprint density at radius 3 is 2.07 bits per heavy atom. The Kier molecular flexibility index (Phi) is 5.50. The molecule has 0 radical (unpaired) electrons. The Balaban J connectivity index is 4.49. The molecule has 0 aromatic carbocycles. The average molecular weight is 216 g/mol. The van der Waals surface area contributed by atoms with Crippen LogP contribution in [0.25, 0.3) is 0 Å². The van der Waals surface area contributed by atoms with Gasteiger partial charge in [0.2, 0.25) is 0 Å². The van der Waals surface area contributed by atoms with Crippen molar-refractivity contribution in [3.63, 3.8) is 0 Å². The molecule has 0 bridgehead atoms. The Morgan fingerprint density at radius 2 is 1.73 bits per heavy atom. The summed E-state index contributed by atoms with van der Waals surface area (Å²) < 4.78 is 0. The summed E-state index contributed by atoms with van der Waals surface area (Å²) in [6, 6.07) is 0. The topological polar surface area (TPSA) is 52.6 Å². The van der Waals surface area contributed by atoms with E-state index in [1.807, 2.05) is 0 Å². The highest BCUT2D eigenvalue weighted by Crippen LogP contribution is 2.23. The first kappa shape index (κ1) is 14.1. The van der Waals surface area contributed by atoms with Crippen molar-refractivity contribution in [1.29, 1.82) is 0 Å². The monoisotopic (exact) mass is 216 g/mol. The smallest absolute Gasteiger partial charge is 0.298 e. The van der Waals surface area contributed by atoms with Crippen LogP contribution in [-0.2, 0) is 19.4 Å². The molecule has 0 spiro atoms. The summed E-state index contributed by atoms with van der Waals surface area (Å²) in [5.74, 6) is -1.44. The molecular weight excluding hydrogens is 196 g/mol. The van der Waals surface area contributed by atoms with Gasteiger partial charge in [-0.1, -0.05) is 27.7 Å². The zero-order valence-electron chi connectivity index (χ0n) is 10.1. The van der Waals surface area contributed by atoms with E-state index in [0.29, 0.717) is 6.42 Å². The summed E-state index contributed by atoms with van der Waals surface area (Å²) in [5, 5.41) is 0. The van der Waals surface area contributed by atoms with Gasteiger partial charge in [0.15, 0.2) is 5.78 Å². The van der Waals surface area contributed by atoms with Gasteiger partial charge in [0.25, 0.3) is 0 Å². The molecule has 0 N–H and O–H groups in total. The summed E-state index contributed by atoms with van der Waals surface area (Å²) in [6.07, 6.45) is 0.433. The maximum atomic E-state index is 11.8. The number of carbonyl (C=O) groups excluding carboxylic acids is 2. The van der Waals surface area contributed by atoms with Crippen LogP contribution in [0, 0.1) is 11.3 Å². The van der Waals surface area contributed by atoms with Gasteiger partial charge in [0.05, 0.1) is 6.61 Å². The second kappa shape index (κ2) is 5.85. The minimum absolute atomic E-state index is 0.116. The van der Waals surface area contributed by atoms with Gasteiger partial charge in [-0.05, 0) is 13.3 Å². The van der Waals surface area contributed by atoms with Crippen molar-refractivity contribution >= 4 is 11.8 Å². The second-order valence-corrected chi connectivity index (χ2v) is 4.38. The summed E-state index contributed by atoms with van der Waals surface area (Å²) >= 11 is 0. The van der Waals surface area contributed by atoms with Crippen LogP contribution >= 0.6 is 0 Å². The fraction of sp³-hybridized carbons (Fsp3) is 0.818. The third-order valence-corrected chi connectivity index (χ3v) is 2.01. The molecule has 0 fully saturated rings. The van der Waals surface area contributed by atoms with Crippen LogP contribution in [0.5, 0.6) is 0 Å². The van der Waals surface area contributed by atoms with Crippen molar-refractivity contribution in [3.05, 3.63) is 0 Å². The van der Waals surface area contributed by atoms with Crippen molar-refractivity contribution in [3.8, 4) is 0 Å². The average Bonchev–Trinajstić information content (AvgIpc) is 2.14. The molecule has 0 saturated carbocycles. The van der Waals surface area contributed by atoms with Crippen LogP contribution in [0.3, 0.4) is 0 Å². The van der Waals surface area contributed by atoms with E-state index in [1.54, 1.807) is 34.6 Å². The van der Waals surface area contributed by atoms with Gasteiger partial charge in [-0.25, -0.2) is 4.79 Å². The summed E-state index contributed by atoms with van der Waals surface area (Å²) in [5.41, 5.74) is -0.536. The molecule has 0 aliphatic carbocycles. The van der Waals surface area contributed by atoms with Gasteiger partial charge >= 0.3 is 5.97 Å². The van der Waals surface area contributed by atoms with Gasteiger partial charge in [-0.2, -0.15) is 4.89 Å². The van der Waals surface area contributed by atoms with E-state index < -0.39 is 17.3 Å². The van der Waals surface area contributed by atoms with Crippen LogP contribution in [-0.4, -0.2) is 18.4 Å². The van der Waals surface area contributed by atoms with E-state index in [2.05, 4.69) is 9.78 Å².